The molecule has 0 unspecified atom stereocenters. The van der Waals surface area contributed by atoms with Gasteiger partial charge in [0.25, 0.3) is 0 Å². The molecule has 0 aliphatic rings. The smallest absolute Gasteiger partial charge is 0.337 e. The number of unbranched alkanes of at least 4 members (excludes halogenated alkanes) is 2. The molecule has 4 N–H and O–H groups in total. The Labute approximate surface area is 168 Å². The molecule has 0 heterocycles. The van der Waals surface area contributed by atoms with Crippen LogP contribution < -0.4 is 16.4 Å². The Morgan fingerprint density at radius 1 is 1.00 bits per heavy atom. The molecule has 2 aromatic carbocycles. The van der Waals surface area contributed by atoms with Crippen LogP contribution in [-0.2, 0) is 14.3 Å². The molecule has 0 radical (unpaired) electrons. The maximum absolute atomic E-state index is 13.3. The molecule has 2 rings (SSSR count). The predicted molar refractivity (Wildman–Crippen MR) is 108 cm³/mol. The summed E-state index contributed by atoms with van der Waals surface area (Å²) in [7, 11) is 1.26. The molecule has 0 bridgehead atoms. The third-order valence-electron chi connectivity index (χ3n) is 4.34. The minimum Gasteiger partial charge on any atom is -0.465 e. The number of primary amides is 1. The number of ether oxygens (including phenoxy) is 1. The minimum absolute atomic E-state index is 0.203. The summed E-state index contributed by atoms with van der Waals surface area (Å²) in [6.07, 6.45) is 2.31. The van der Waals surface area contributed by atoms with Crippen molar-refractivity contribution in [3.8, 4) is 0 Å². The van der Waals surface area contributed by atoms with Crippen molar-refractivity contribution < 1.29 is 23.5 Å². The highest BCUT2D eigenvalue weighted by atomic mass is 19.1. The van der Waals surface area contributed by atoms with E-state index in [1.807, 2.05) is 0 Å². The molecule has 2 aromatic rings. The van der Waals surface area contributed by atoms with Crippen LogP contribution in [0.1, 0.15) is 42.5 Å². The molecule has 0 aliphatic heterocycles. The standard InChI is InChI=1S/C21H24FN3O4/c1-29-21(28)14-7-12-18(17(23)13-14)25(16-10-8-15(22)9-11-16)20(27)6-4-2-3-5-19(24)26/h7-13H,2-6,23H2,1H3,(H2,24,26). The first-order valence-corrected chi connectivity index (χ1v) is 9.18. The number of hydrogen-bond donors (Lipinski definition) is 2. The molecule has 0 aliphatic carbocycles. The number of nitrogens with two attached hydrogens (primary N) is 2. The Bertz CT molecular complexity index is 884. The van der Waals surface area contributed by atoms with E-state index in [1.54, 1.807) is 6.07 Å². The van der Waals surface area contributed by atoms with Crippen LogP contribution in [0.3, 0.4) is 0 Å². The predicted octanol–water partition coefficient (Wildman–Crippen LogP) is 3.30. The van der Waals surface area contributed by atoms with Crippen molar-refractivity contribution in [1.29, 1.82) is 0 Å². The van der Waals surface area contributed by atoms with Gasteiger partial charge in [-0.15, -0.1) is 0 Å². The molecule has 29 heavy (non-hydrogen) atoms. The van der Waals surface area contributed by atoms with Crippen LogP contribution >= 0.6 is 0 Å². The first-order chi connectivity index (χ1) is 13.8. The highest BCUT2D eigenvalue weighted by molar-refractivity contribution is 6.04. The van der Waals surface area contributed by atoms with Gasteiger partial charge < -0.3 is 16.2 Å². The average molecular weight is 401 g/mol. The van der Waals surface area contributed by atoms with E-state index in [1.165, 1.54) is 48.4 Å². The van der Waals surface area contributed by atoms with Gasteiger partial charge in [-0.3, -0.25) is 14.5 Å². The second-order valence-electron chi connectivity index (χ2n) is 6.50. The van der Waals surface area contributed by atoms with Crippen molar-refractivity contribution in [2.75, 3.05) is 17.7 Å². The van der Waals surface area contributed by atoms with Gasteiger partial charge in [0, 0.05) is 18.5 Å². The van der Waals surface area contributed by atoms with Crippen LogP contribution in [0.5, 0.6) is 0 Å². The molecule has 0 saturated carbocycles. The Balaban J connectivity index is 2.26. The van der Waals surface area contributed by atoms with Crippen molar-refractivity contribution >= 4 is 34.8 Å². The molecular formula is C21H24FN3O4. The number of anilines is 3. The fourth-order valence-electron chi connectivity index (χ4n) is 2.87. The van der Waals surface area contributed by atoms with Gasteiger partial charge in [-0.1, -0.05) is 6.42 Å². The number of nitrogens with zero attached hydrogens (tertiary/aromatic N) is 1. The van der Waals surface area contributed by atoms with Gasteiger partial charge in [0.2, 0.25) is 11.8 Å². The maximum atomic E-state index is 13.3. The van der Waals surface area contributed by atoms with Gasteiger partial charge in [-0.05, 0) is 55.3 Å². The van der Waals surface area contributed by atoms with E-state index in [4.69, 9.17) is 11.5 Å². The number of benzene rings is 2. The third kappa shape index (κ3) is 6.03. The van der Waals surface area contributed by atoms with E-state index in [2.05, 4.69) is 4.74 Å². The number of carbonyl (C=O) groups excluding carboxylic acids is 3. The highest BCUT2D eigenvalue weighted by Crippen LogP contribution is 2.32. The summed E-state index contributed by atoms with van der Waals surface area (Å²) in [4.78, 5) is 36.9. The minimum atomic E-state index is -0.544. The number of halogens is 1. The maximum Gasteiger partial charge on any atom is 0.337 e. The number of nitrogen functional groups attached to an aromatic ring is 1. The number of rotatable bonds is 9. The number of esters is 1. The van der Waals surface area contributed by atoms with Gasteiger partial charge in [-0.25, -0.2) is 9.18 Å². The first-order valence-electron chi connectivity index (χ1n) is 9.18. The van der Waals surface area contributed by atoms with Crippen LogP contribution in [-0.4, -0.2) is 24.9 Å². The largest absolute Gasteiger partial charge is 0.465 e. The second-order valence-corrected chi connectivity index (χ2v) is 6.50. The average Bonchev–Trinajstić information content (AvgIpc) is 2.69. The fraction of sp³-hybridized carbons (Fsp3) is 0.286. The van der Waals surface area contributed by atoms with Gasteiger partial charge >= 0.3 is 5.97 Å². The molecule has 0 aromatic heterocycles. The second kappa shape index (κ2) is 10.2. The molecule has 0 saturated heterocycles. The summed E-state index contributed by atoms with van der Waals surface area (Å²) in [5.41, 5.74) is 12.5. The van der Waals surface area contributed by atoms with Gasteiger partial charge in [0.05, 0.1) is 24.0 Å². The van der Waals surface area contributed by atoms with Crippen LogP contribution in [0.15, 0.2) is 42.5 Å². The molecule has 0 fully saturated rings. The summed E-state index contributed by atoms with van der Waals surface area (Å²) in [5, 5.41) is 0. The van der Waals surface area contributed by atoms with E-state index >= 15 is 0 Å². The monoisotopic (exact) mass is 401 g/mol. The molecule has 7 nitrogen and oxygen atoms in total. The Morgan fingerprint density at radius 2 is 1.66 bits per heavy atom. The van der Waals surface area contributed by atoms with E-state index < -0.39 is 11.8 Å². The molecule has 0 atom stereocenters. The fourth-order valence-corrected chi connectivity index (χ4v) is 2.87. The highest BCUT2D eigenvalue weighted by Gasteiger charge is 2.21. The number of amides is 2. The Kier molecular flexibility index (Phi) is 7.70. The first kappa shape index (κ1) is 21.9. The topological polar surface area (TPSA) is 116 Å². The molecule has 8 heteroatoms. The number of hydrogen-bond acceptors (Lipinski definition) is 5. The van der Waals surface area contributed by atoms with Crippen LogP contribution in [0.4, 0.5) is 21.5 Å². The Morgan fingerprint density at radius 3 is 2.24 bits per heavy atom. The van der Waals surface area contributed by atoms with Crippen molar-refractivity contribution in [2.24, 2.45) is 5.73 Å². The normalized spacial score (nSPS) is 10.4. The summed E-state index contributed by atoms with van der Waals surface area (Å²) >= 11 is 0. The van der Waals surface area contributed by atoms with Crippen LogP contribution in [0.2, 0.25) is 0 Å². The van der Waals surface area contributed by atoms with Crippen molar-refractivity contribution in [2.45, 2.75) is 32.1 Å². The van der Waals surface area contributed by atoms with Crippen LogP contribution in [0, 0.1) is 5.82 Å². The van der Waals surface area contributed by atoms with Crippen molar-refractivity contribution in [3.63, 3.8) is 0 Å². The van der Waals surface area contributed by atoms with Crippen LogP contribution in [0.25, 0.3) is 0 Å². The van der Waals surface area contributed by atoms with E-state index in [0.29, 0.717) is 30.6 Å². The lowest BCUT2D eigenvalue weighted by atomic mass is 10.1. The zero-order valence-corrected chi connectivity index (χ0v) is 16.2. The third-order valence-corrected chi connectivity index (χ3v) is 4.34. The lowest BCUT2D eigenvalue weighted by molar-refractivity contribution is -0.118. The van der Waals surface area contributed by atoms with Gasteiger partial charge in [0.15, 0.2) is 0 Å². The zero-order valence-electron chi connectivity index (χ0n) is 16.2. The summed E-state index contributed by atoms with van der Waals surface area (Å²) in [6.45, 7) is 0. The van der Waals surface area contributed by atoms with E-state index in [-0.39, 0.29) is 35.9 Å². The summed E-state index contributed by atoms with van der Waals surface area (Å²) in [6, 6.07) is 9.95. The van der Waals surface area contributed by atoms with Crippen molar-refractivity contribution in [1.82, 2.24) is 0 Å². The summed E-state index contributed by atoms with van der Waals surface area (Å²) < 4.78 is 18.0. The lowest BCUT2D eigenvalue weighted by Gasteiger charge is -2.25. The van der Waals surface area contributed by atoms with Gasteiger partial charge in [0.1, 0.15) is 5.82 Å². The molecule has 0 spiro atoms. The number of carbonyl (C=O) groups is 3. The number of methoxy groups -OCH3 is 1. The quantitative estimate of drug-likeness (QED) is 0.380. The zero-order chi connectivity index (χ0) is 21.4. The van der Waals surface area contributed by atoms with Gasteiger partial charge in [-0.2, -0.15) is 0 Å². The lowest BCUT2D eigenvalue weighted by Crippen LogP contribution is -2.26. The SMILES string of the molecule is COC(=O)c1ccc(N(C(=O)CCCCCC(N)=O)c2ccc(F)cc2)c(N)c1. The molecular weight excluding hydrogens is 377 g/mol. The molecule has 2 amide bonds. The van der Waals surface area contributed by atoms with Crippen molar-refractivity contribution in [3.05, 3.63) is 53.8 Å². The molecule has 154 valence electrons. The summed E-state index contributed by atoms with van der Waals surface area (Å²) in [5.74, 6) is -1.59. The van der Waals surface area contributed by atoms with E-state index in [0.717, 1.165) is 0 Å². The Hall–Kier alpha value is -3.42. The van der Waals surface area contributed by atoms with E-state index in [9.17, 15) is 18.8 Å².